The summed E-state index contributed by atoms with van der Waals surface area (Å²) in [6.07, 6.45) is 17.9. The molecule has 2 bridgehead atoms. The molecule has 0 aromatic rings. The van der Waals surface area contributed by atoms with Gasteiger partial charge in [0.1, 0.15) is 0 Å². The van der Waals surface area contributed by atoms with Crippen molar-refractivity contribution in [2.75, 3.05) is 13.6 Å². The molecule has 120 valence electrons. The zero-order valence-corrected chi connectivity index (χ0v) is 13.9. The predicted molar refractivity (Wildman–Crippen MR) is 88.5 cm³/mol. The number of nitrogens with zero attached hydrogens (tertiary/aromatic N) is 1. The number of hydrogen-bond donors (Lipinski definition) is 1. The van der Waals surface area contributed by atoms with Gasteiger partial charge in [0.25, 0.3) is 0 Å². The number of fused-ring (bicyclic) bond motifs is 2. The molecule has 0 radical (unpaired) electrons. The van der Waals surface area contributed by atoms with Gasteiger partial charge in [-0.15, -0.1) is 0 Å². The fourth-order valence-electron chi connectivity index (χ4n) is 6.08. The topological polar surface area (TPSA) is 15.3 Å². The van der Waals surface area contributed by atoms with E-state index in [-0.39, 0.29) is 0 Å². The molecular weight excluding hydrogens is 256 g/mol. The summed E-state index contributed by atoms with van der Waals surface area (Å²) in [5.74, 6) is 0.959. The van der Waals surface area contributed by atoms with Crippen molar-refractivity contribution in [3.05, 3.63) is 0 Å². The molecule has 2 aliphatic heterocycles. The minimum absolute atomic E-state index is 0.796. The molecular formula is C19H34N2. The second kappa shape index (κ2) is 5.85. The van der Waals surface area contributed by atoms with Crippen LogP contribution in [0.4, 0.5) is 0 Å². The highest BCUT2D eigenvalue weighted by atomic mass is 15.2. The molecule has 2 saturated carbocycles. The number of nitrogens with one attached hydrogen (secondary N) is 1. The van der Waals surface area contributed by atoms with E-state index in [1.807, 2.05) is 0 Å². The average molecular weight is 290 g/mol. The van der Waals surface area contributed by atoms with E-state index >= 15 is 0 Å². The van der Waals surface area contributed by atoms with Crippen molar-refractivity contribution in [2.45, 2.75) is 95.2 Å². The number of piperidine rings is 1. The van der Waals surface area contributed by atoms with Crippen LogP contribution < -0.4 is 5.32 Å². The van der Waals surface area contributed by atoms with Gasteiger partial charge in [0.2, 0.25) is 0 Å². The Kier molecular flexibility index (Phi) is 4.04. The molecule has 4 rings (SSSR count). The first kappa shape index (κ1) is 14.5. The zero-order chi connectivity index (χ0) is 14.3. The molecule has 2 saturated heterocycles. The third-order valence-corrected chi connectivity index (χ3v) is 7.60. The van der Waals surface area contributed by atoms with Crippen molar-refractivity contribution in [3.63, 3.8) is 0 Å². The second-order valence-corrected chi connectivity index (χ2v) is 8.78. The van der Waals surface area contributed by atoms with Gasteiger partial charge >= 0.3 is 0 Å². The van der Waals surface area contributed by atoms with Gasteiger partial charge in [0, 0.05) is 18.1 Å². The quantitative estimate of drug-likeness (QED) is 0.846. The Morgan fingerprint density at radius 2 is 1.52 bits per heavy atom. The maximum atomic E-state index is 3.96. The maximum Gasteiger partial charge on any atom is 0.00988 e. The lowest BCUT2D eigenvalue weighted by molar-refractivity contribution is 0.123. The van der Waals surface area contributed by atoms with Gasteiger partial charge in [-0.3, -0.25) is 0 Å². The first-order chi connectivity index (χ1) is 10.2. The zero-order valence-electron chi connectivity index (χ0n) is 13.9. The summed E-state index contributed by atoms with van der Waals surface area (Å²) < 4.78 is 0. The van der Waals surface area contributed by atoms with E-state index in [0.717, 1.165) is 29.5 Å². The fraction of sp³-hybridized carbons (Fsp3) is 1.00. The monoisotopic (exact) mass is 290 g/mol. The minimum Gasteiger partial charge on any atom is -0.314 e. The molecule has 0 amide bonds. The van der Waals surface area contributed by atoms with Crippen LogP contribution in [0.25, 0.3) is 0 Å². The molecule has 2 unspecified atom stereocenters. The molecule has 2 nitrogen and oxygen atoms in total. The van der Waals surface area contributed by atoms with Gasteiger partial charge in [0.15, 0.2) is 0 Å². The molecule has 0 aromatic carbocycles. The van der Waals surface area contributed by atoms with E-state index in [2.05, 4.69) is 17.3 Å². The number of hydrogen-bond acceptors (Lipinski definition) is 2. The summed E-state index contributed by atoms with van der Waals surface area (Å²) in [7, 11) is 2.36. The van der Waals surface area contributed by atoms with Crippen molar-refractivity contribution >= 4 is 0 Å². The summed E-state index contributed by atoms with van der Waals surface area (Å²) in [6, 6.07) is 2.65. The van der Waals surface area contributed by atoms with Crippen LogP contribution in [0.3, 0.4) is 0 Å². The highest BCUT2D eigenvalue weighted by Gasteiger charge is 2.39. The molecule has 0 aromatic heterocycles. The van der Waals surface area contributed by atoms with E-state index in [1.54, 1.807) is 0 Å². The van der Waals surface area contributed by atoms with Crippen molar-refractivity contribution < 1.29 is 0 Å². The highest BCUT2D eigenvalue weighted by molar-refractivity contribution is 4.95. The summed E-state index contributed by atoms with van der Waals surface area (Å²) in [6.45, 7) is 1.30. The van der Waals surface area contributed by atoms with Crippen molar-refractivity contribution in [1.82, 2.24) is 10.2 Å². The fourth-order valence-corrected chi connectivity index (χ4v) is 6.08. The normalized spacial score (nSPS) is 40.1. The predicted octanol–water partition coefficient (Wildman–Crippen LogP) is 3.95. The van der Waals surface area contributed by atoms with Gasteiger partial charge in [0.05, 0.1) is 0 Å². The van der Waals surface area contributed by atoms with Gasteiger partial charge < -0.3 is 10.2 Å². The van der Waals surface area contributed by atoms with Gasteiger partial charge in [-0.25, -0.2) is 0 Å². The van der Waals surface area contributed by atoms with Crippen LogP contribution in [-0.2, 0) is 0 Å². The molecule has 2 atom stereocenters. The van der Waals surface area contributed by atoms with Gasteiger partial charge in [-0.2, -0.15) is 0 Å². The van der Waals surface area contributed by atoms with E-state index in [0.29, 0.717) is 0 Å². The Bertz CT molecular complexity index is 337. The molecule has 2 aliphatic carbocycles. The Morgan fingerprint density at radius 1 is 0.905 bits per heavy atom. The largest absolute Gasteiger partial charge is 0.314 e. The Balaban J connectivity index is 1.22. The smallest absolute Gasteiger partial charge is 0.00988 e. The third-order valence-electron chi connectivity index (χ3n) is 7.60. The van der Waals surface area contributed by atoms with E-state index in [1.165, 1.54) is 83.6 Å². The lowest BCUT2D eigenvalue weighted by Crippen LogP contribution is -2.45. The van der Waals surface area contributed by atoms with E-state index in [4.69, 9.17) is 0 Å². The van der Waals surface area contributed by atoms with Crippen molar-refractivity contribution in [1.29, 1.82) is 0 Å². The summed E-state index contributed by atoms with van der Waals surface area (Å²) >= 11 is 0. The van der Waals surface area contributed by atoms with Crippen LogP contribution >= 0.6 is 0 Å². The molecule has 2 heteroatoms. The Hall–Kier alpha value is -0.0800. The molecule has 1 spiro atoms. The first-order valence-electron chi connectivity index (χ1n) is 9.69. The maximum absolute atomic E-state index is 3.96. The molecule has 21 heavy (non-hydrogen) atoms. The van der Waals surface area contributed by atoms with Crippen molar-refractivity contribution in [3.8, 4) is 0 Å². The molecule has 4 aliphatic rings. The van der Waals surface area contributed by atoms with Crippen LogP contribution in [0.2, 0.25) is 0 Å². The Labute approximate surface area is 131 Å². The third kappa shape index (κ3) is 2.91. The van der Waals surface area contributed by atoms with Crippen molar-refractivity contribution in [2.24, 2.45) is 11.3 Å². The summed E-state index contributed by atoms with van der Waals surface area (Å²) in [5, 5.41) is 3.96. The van der Waals surface area contributed by atoms with Crippen LogP contribution in [0.1, 0.15) is 77.0 Å². The lowest BCUT2D eigenvalue weighted by Gasteiger charge is -2.40. The summed E-state index contributed by atoms with van der Waals surface area (Å²) in [4.78, 5) is 2.67. The molecule has 1 N–H and O–H groups in total. The van der Waals surface area contributed by atoms with E-state index < -0.39 is 0 Å². The van der Waals surface area contributed by atoms with Crippen LogP contribution in [0.5, 0.6) is 0 Å². The van der Waals surface area contributed by atoms with Crippen LogP contribution in [0, 0.1) is 11.3 Å². The highest BCUT2D eigenvalue weighted by Crippen LogP contribution is 2.49. The van der Waals surface area contributed by atoms with Crippen LogP contribution in [-0.4, -0.2) is 36.6 Å². The SMILES string of the molecule is CN1C2CCC1CC(CNC1CCC3(CCCC3)CC1)C2. The second-order valence-electron chi connectivity index (χ2n) is 8.78. The Morgan fingerprint density at radius 3 is 2.14 bits per heavy atom. The molecule has 2 heterocycles. The summed E-state index contributed by atoms with van der Waals surface area (Å²) in [5.41, 5.74) is 0.796. The average Bonchev–Trinajstić information content (AvgIpc) is 3.01. The van der Waals surface area contributed by atoms with Gasteiger partial charge in [-0.1, -0.05) is 12.8 Å². The molecule has 4 fully saturated rings. The number of rotatable bonds is 3. The standard InChI is InChI=1S/C19H34N2/c1-21-17-4-5-18(21)13-15(12-17)14-20-16-6-10-19(11-7-16)8-2-3-9-19/h15-18,20H,2-14H2,1H3. The lowest BCUT2D eigenvalue weighted by atomic mass is 9.71. The van der Waals surface area contributed by atoms with E-state index in [9.17, 15) is 0 Å². The van der Waals surface area contributed by atoms with Crippen LogP contribution in [0.15, 0.2) is 0 Å². The first-order valence-corrected chi connectivity index (χ1v) is 9.69. The van der Waals surface area contributed by atoms with Gasteiger partial charge in [-0.05, 0) is 89.1 Å². The minimum atomic E-state index is 0.796.